The van der Waals surface area contributed by atoms with E-state index in [4.69, 9.17) is 23.2 Å². The van der Waals surface area contributed by atoms with Crippen LogP contribution >= 0.6 is 23.2 Å². The smallest absolute Gasteiger partial charge is 0.232 e. The normalized spacial score (nSPS) is 13.0. The van der Waals surface area contributed by atoms with Crippen molar-refractivity contribution >= 4 is 52.4 Å². The van der Waals surface area contributed by atoms with Crippen LogP contribution in [0.3, 0.4) is 0 Å². The molecule has 0 unspecified atom stereocenters. The topological polar surface area (TPSA) is 83.0 Å². The van der Waals surface area contributed by atoms with Gasteiger partial charge in [0.25, 0.3) is 0 Å². The minimum absolute atomic E-state index is 0.196. The molecule has 0 saturated heterocycles. The van der Waals surface area contributed by atoms with E-state index in [9.17, 15) is 4.79 Å². The van der Waals surface area contributed by atoms with Crippen LogP contribution in [0, 0.1) is 0 Å². The molecular formula is C20H18Cl2N6O. The molecule has 1 aliphatic heterocycles. The highest BCUT2D eigenvalue weighted by Gasteiger charge is 2.19. The van der Waals surface area contributed by atoms with Crippen molar-refractivity contribution in [2.45, 2.75) is 19.9 Å². The van der Waals surface area contributed by atoms with Gasteiger partial charge in [-0.2, -0.15) is 4.98 Å². The second kappa shape index (κ2) is 8.23. The van der Waals surface area contributed by atoms with Crippen molar-refractivity contribution in [3.63, 3.8) is 0 Å². The van der Waals surface area contributed by atoms with Gasteiger partial charge in [-0.05, 0) is 47.9 Å². The predicted octanol–water partition coefficient (Wildman–Crippen LogP) is 4.44. The van der Waals surface area contributed by atoms with Crippen molar-refractivity contribution in [1.82, 2.24) is 15.0 Å². The maximum Gasteiger partial charge on any atom is 0.232 e. The van der Waals surface area contributed by atoms with E-state index >= 15 is 0 Å². The number of hydrogen-bond donors (Lipinski definition) is 2. The van der Waals surface area contributed by atoms with E-state index in [-0.39, 0.29) is 5.91 Å². The first-order valence-corrected chi connectivity index (χ1v) is 9.79. The molecule has 2 aromatic carbocycles. The summed E-state index contributed by atoms with van der Waals surface area (Å²) in [5, 5.41) is 7.04. The lowest BCUT2D eigenvalue weighted by Gasteiger charge is -2.29. The lowest BCUT2D eigenvalue weighted by atomic mass is 10.0. The largest absolute Gasteiger partial charge is 0.336 e. The van der Waals surface area contributed by atoms with E-state index in [1.54, 1.807) is 18.2 Å². The molecule has 1 aliphatic rings. The Kier molecular flexibility index (Phi) is 5.51. The number of aromatic nitrogens is 3. The number of benzene rings is 2. The van der Waals surface area contributed by atoms with Gasteiger partial charge in [0.2, 0.25) is 17.8 Å². The Bertz CT molecular complexity index is 1070. The van der Waals surface area contributed by atoms with Gasteiger partial charge in [0.1, 0.15) is 6.33 Å². The first-order chi connectivity index (χ1) is 14.0. The average Bonchev–Trinajstić information content (AvgIpc) is 2.70. The van der Waals surface area contributed by atoms with Gasteiger partial charge in [-0.15, -0.1) is 0 Å². The Balaban J connectivity index is 1.52. The minimum atomic E-state index is -0.196. The number of anilines is 4. The summed E-state index contributed by atoms with van der Waals surface area (Å²) in [4.78, 5) is 26.5. The van der Waals surface area contributed by atoms with Crippen LogP contribution in [0.2, 0.25) is 10.0 Å². The molecule has 0 atom stereocenters. The summed E-state index contributed by atoms with van der Waals surface area (Å²) in [6.45, 7) is 2.94. The monoisotopic (exact) mass is 428 g/mol. The molecule has 148 valence electrons. The lowest BCUT2D eigenvalue weighted by molar-refractivity contribution is -0.114. The number of fused-ring (bicyclic) bond motifs is 1. The first-order valence-electron chi connectivity index (χ1n) is 9.03. The molecule has 0 bridgehead atoms. The van der Waals surface area contributed by atoms with Crippen molar-refractivity contribution in [2.24, 2.45) is 0 Å². The van der Waals surface area contributed by atoms with Gasteiger partial charge >= 0.3 is 0 Å². The van der Waals surface area contributed by atoms with Crippen molar-refractivity contribution in [3.8, 4) is 0 Å². The lowest BCUT2D eigenvalue weighted by Crippen LogP contribution is -2.31. The Hall–Kier alpha value is -2.90. The summed E-state index contributed by atoms with van der Waals surface area (Å²) in [6, 6.07) is 11.2. The van der Waals surface area contributed by atoms with Crippen molar-refractivity contribution in [2.75, 3.05) is 22.1 Å². The summed E-state index contributed by atoms with van der Waals surface area (Å²) >= 11 is 12.2. The quantitative estimate of drug-likeness (QED) is 0.638. The summed E-state index contributed by atoms with van der Waals surface area (Å²) in [6.07, 6.45) is 2.36. The molecule has 0 spiro atoms. The van der Waals surface area contributed by atoms with Crippen LogP contribution in [0.4, 0.5) is 23.3 Å². The highest BCUT2D eigenvalue weighted by molar-refractivity contribution is 6.33. The van der Waals surface area contributed by atoms with E-state index < -0.39 is 0 Å². The number of amides is 1. The molecule has 1 aromatic heterocycles. The van der Waals surface area contributed by atoms with Gasteiger partial charge in [-0.1, -0.05) is 29.3 Å². The second-order valence-electron chi connectivity index (χ2n) is 6.69. The Morgan fingerprint density at radius 3 is 2.79 bits per heavy atom. The zero-order valence-electron chi connectivity index (χ0n) is 15.6. The van der Waals surface area contributed by atoms with Gasteiger partial charge in [0, 0.05) is 30.7 Å². The molecule has 0 fully saturated rings. The fraction of sp³-hybridized carbons (Fsp3) is 0.200. The standard InChI is InChI=1S/C20H18Cl2N6O/c1-12(29)25-18-9-16(4-5-17(18)22)26-19-23-11-24-20(27-19)28-7-6-13-8-15(21)3-2-14(13)10-28/h2-5,8-9,11H,6-7,10H2,1H3,(H,25,29)(H,23,24,26,27). The number of halogens is 2. The first kappa shape index (κ1) is 19.4. The number of rotatable bonds is 4. The zero-order valence-corrected chi connectivity index (χ0v) is 17.1. The van der Waals surface area contributed by atoms with E-state index in [2.05, 4.69) is 30.5 Å². The summed E-state index contributed by atoms with van der Waals surface area (Å²) < 4.78 is 0. The van der Waals surface area contributed by atoms with E-state index in [0.29, 0.717) is 34.8 Å². The van der Waals surface area contributed by atoms with E-state index in [1.807, 2.05) is 18.2 Å². The molecular weight excluding hydrogens is 411 g/mol. The maximum atomic E-state index is 11.3. The van der Waals surface area contributed by atoms with E-state index in [0.717, 1.165) is 18.0 Å². The second-order valence-corrected chi connectivity index (χ2v) is 7.54. The molecule has 2 N–H and O–H groups in total. The SMILES string of the molecule is CC(=O)Nc1cc(Nc2ncnc(N3CCc4cc(Cl)ccc4C3)n2)ccc1Cl. The third-order valence-corrected chi connectivity index (χ3v) is 5.12. The molecule has 0 saturated carbocycles. The fourth-order valence-electron chi connectivity index (χ4n) is 3.21. The van der Waals surface area contributed by atoms with Crippen LogP contribution in [0.15, 0.2) is 42.7 Å². The van der Waals surface area contributed by atoms with Crippen LogP contribution in [-0.4, -0.2) is 27.4 Å². The van der Waals surface area contributed by atoms with Crippen LogP contribution in [-0.2, 0) is 17.8 Å². The van der Waals surface area contributed by atoms with Gasteiger partial charge in [-0.25, -0.2) is 9.97 Å². The highest BCUT2D eigenvalue weighted by Crippen LogP contribution is 2.28. The van der Waals surface area contributed by atoms with Gasteiger partial charge in [0.15, 0.2) is 0 Å². The number of nitrogens with zero attached hydrogens (tertiary/aromatic N) is 4. The number of hydrogen-bond acceptors (Lipinski definition) is 6. The van der Waals surface area contributed by atoms with Crippen LogP contribution in [0.5, 0.6) is 0 Å². The third kappa shape index (κ3) is 4.58. The van der Waals surface area contributed by atoms with Gasteiger partial charge in [0.05, 0.1) is 10.7 Å². The van der Waals surface area contributed by atoms with Gasteiger partial charge in [-0.3, -0.25) is 4.79 Å². The summed E-state index contributed by atoms with van der Waals surface area (Å²) in [5.74, 6) is 0.810. The molecule has 9 heteroatoms. The third-order valence-electron chi connectivity index (χ3n) is 4.56. The molecule has 7 nitrogen and oxygen atoms in total. The average molecular weight is 429 g/mol. The minimum Gasteiger partial charge on any atom is -0.336 e. The van der Waals surface area contributed by atoms with Crippen molar-refractivity contribution < 1.29 is 4.79 Å². The van der Waals surface area contributed by atoms with Crippen LogP contribution in [0.25, 0.3) is 0 Å². The Labute approximate surface area is 178 Å². The number of nitrogens with one attached hydrogen (secondary N) is 2. The summed E-state index contributed by atoms with van der Waals surface area (Å²) in [5.41, 5.74) is 3.69. The Morgan fingerprint density at radius 2 is 1.97 bits per heavy atom. The highest BCUT2D eigenvalue weighted by atomic mass is 35.5. The molecule has 29 heavy (non-hydrogen) atoms. The fourth-order valence-corrected chi connectivity index (χ4v) is 3.57. The molecule has 1 amide bonds. The zero-order chi connectivity index (χ0) is 20.4. The predicted molar refractivity (Wildman–Crippen MR) is 115 cm³/mol. The van der Waals surface area contributed by atoms with Gasteiger partial charge < -0.3 is 15.5 Å². The molecule has 3 aromatic rings. The van der Waals surface area contributed by atoms with Crippen LogP contribution in [0.1, 0.15) is 18.1 Å². The van der Waals surface area contributed by atoms with E-state index in [1.165, 1.54) is 24.4 Å². The van der Waals surface area contributed by atoms with Crippen molar-refractivity contribution in [3.05, 3.63) is 63.9 Å². The molecule has 2 heterocycles. The number of carbonyl (C=O) groups is 1. The molecule has 4 rings (SSSR count). The van der Waals surface area contributed by atoms with Crippen LogP contribution < -0.4 is 15.5 Å². The molecule has 0 aliphatic carbocycles. The molecule has 0 radical (unpaired) electrons. The maximum absolute atomic E-state index is 11.3. The summed E-state index contributed by atoms with van der Waals surface area (Å²) in [7, 11) is 0. The van der Waals surface area contributed by atoms with Crippen molar-refractivity contribution in [1.29, 1.82) is 0 Å². The number of carbonyl (C=O) groups excluding carboxylic acids is 1. The Morgan fingerprint density at radius 1 is 1.10 bits per heavy atom.